The summed E-state index contributed by atoms with van der Waals surface area (Å²) in [7, 11) is 0. The van der Waals surface area contributed by atoms with E-state index in [0.29, 0.717) is 5.75 Å². The SMILES string of the molecule is Cc1cccc(CSCC(/C(N)=N/O)C(F)(F)F)c1. The van der Waals surface area contributed by atoms with Crippen molar-refractivity contribution in [2.24, 2.45) is 16.8 Å². The summed E-state index contributed by atoms with van der Waals surface area (Å²) in [6.45, 7) is 1.92. The number of halogens is 3. The van der Waals surface area contributed by atoms with Crippen molar-refractivity contribution in [3.63, 3.8) is 0 Å². The molecule has 106 valence electrons. The van der Waals surface area contributed by atoms with Crippen LogP contribution in [0.1, 0.15) is 11.1 Å². The van der Waals surface area contributed by atoms with E-state index < -0.39 is 17.9 Å². The molecule has 19 heavy (non-hydrogen) atoms. The maximum Gasteiger partial charge on any atom is 0.399 e. The second-order valence-corrected chi connectivity index (χ2v) is 5.15. The Labute approximate surface area is 113 Å². The van der Waals surface area contributed by atoms with Gasteiger partial charge in [-0.15, -0.1) is 0 Å². The van der Waals surface area contributed by atoms with E-state index in [4.69, 9.17) is 10.9 Å². The zero-order valence-electron chi connectivity index (χ0n) is 10.3. The summed E-state index contributed by atoms with van der Waals surface area (Å²) in [5.74, 6) is -2.54. The standard InChI is InChI=1S/C12H15F3N2OS/c1-8-3-2-4-9(5-8)6-19-7-10(11(16)17-18)12(13,14)15/h2-5,10,18H,6-7H2,1H3,(H2,16,17). The third-order valence-electron chi connectivity index (χ3n) is 2.50. The zero-order valence-corrected chi connectivity index (χ0v) is 11.1. The van der Waals surface area contributed by atoms with E-state index in [2.05, 4.69) is 5.16 Å². The van der Waals surface area contributed by atoms with Gasteiger partial charge in [0.05, 0.1) is 0 Å². The smallest absolute Gasteiger partial charge is 0.399 e. The molecule has 0 aliphatic heterocycles. The number of benzene rings is 1. The number of amidine groups is 1. The predicted molar refractivity (Wildman–Crippen MR) is 70.3 cm³/mol. The number of rotatable bonds is 5. The molecule has 0 spiro atoms. The molecule has 3 nitrogen and oxygen atoms in total. The van der Waals surface area contributed by atoms with Gasteiger partial charge in [0.1, 0.15) is 5.92 Å². The second kappa shape index (κ2) is 6.70. The first-order valence-corrected chi connectivity index (χ1v) is 6.67. The fourth-order valence-corrected chi connectivity index (χ4v) is 2.64. The van der Waals surface area contributed by atoms with Gasteiger partial charge in [-0.3, -0.25) is 0 Å². The van der Waals surface area contributed by atoms with Crippen LogP contribution in [0.2, 0.25) is 0 Å². The molecule has 0 heterocycles. The second-order valence-electron chi connectivity index (χ2n) is 4.12. The highest BCUT2D eigenvalue weighted by molar-refractivity contribution is 7.98. The maximum absolute atomic E-state index is 12.7. The van der Waals surface area contributed by atoms with E-state index >= 15 is 0 Å². The van der Waals surface area contributed by atoms with Crippen LogP contribution in [-0.2, 0) is 5.75 Å². The van der Waals surface area contributed by atoms with Crippen LogP contribution in [-0.4, -0.2) is 23.0 Å². The van der Waals surface area contributed by atoms with Gasteiger partial charge >= 0.3 is 6.18 Å². The van der Waals surface area contributed by atoms with Crippen molar-refractivity contribution in [2.75, 3.05) is 5.75 Å². The number of alkyl halides is 3. The van der Waals surface area contributed by atoms with Crippen LogP contribution < -0.4 is 5.73 Å². The Hall–Kier alpha value is -1.37. The Morgan fingerprint density at radius 3 is 2.68 bits per heavy atom. The lowest BCUT2D eigenvalue weighted by Gasteiger charge is -2.18. The van der Waals surface area contributed by atoms with Gasteiger partial charge in [0.15, 0.2) is 5.84 Å². The molecule has 1 rings (SSSR count). The van der Waals surface area contributed by atoms with Crippen molar-refractivity contribution >= 4 is 17.6 Å². The van der Waals surface area contributed by atoms with E-state index in [1.807, 2.05) is 31.2 Å². The predicted octanol–water partition coefficient (Wildman–Crippen LogP) is 3.15. The van der Waals surface area contributed by atoms with E-state index in [1.165, 1.54) is 0 Å². The van der Waals surface area contributed by atoms with E-state index in [1.54, 1.807) is 0 Å². The Morgan fingerprint density at radius 2 is 2.16 bits per heavy atom. The molecule has 7 heteroatoms. The average molecular weight is 292 g/mol. The Kier molecular flexibility index (Phi) is 5.53. The molecule has 1 aromatic carbocycles. The van der Waals surface area contributed by atoms with Crippen LogP contribution in [0.4, 0.5) is 13.2 Å². The molecule has 0 saturated carbocycles. The number of hydrogen-bond donors (Lipinski definition) is 2. The first-order chi connectivity index (χ1) is 8.84. The average Bonchev–Trinajstić information content (AvgIpc) is 2.32. The van der Waals surface area contributed by atoms with Gasteiger partial charge in [-0.25, -0.2) is 0 Å². The Balaban J connectivity index is 2.58. The number of nitrogens with zero attached hydrogens (tertiary/aromatic N) is 1. The number of oxime groups is 1. The number of thioether (sulfide) groups is 1. The van der Waals surface area contributed by atoms with Gasteiger partial charge in [-0.05, 0) is 12.5 Å². The minimum Gasteiger partial charge on any atom is -0.409 e. The van der Waals surface area contributed by atoms with Crippen LogP contribution >= 0.6 is 11.8 Å². The third kappa shape index (κ3) is 5.02. The van der Waals surface area contributed by atoms with Crippen molar-refractivity contribution in [2.45, 2.75) is 18.9 Å². The van der Waals surface area contributed by atoms with Gasteiger partial charge in [0.2, 0.25) is 0 Å². The molecule has 0 aromatic heterocycles. The normalized spacial score (nSPS) is 14.4. The molecule has 0 saturated heterocycles. The molecule has 0 amide bonds. The molecule has 1 atom stereocenters. The first-order valence-electron chi connectivity index (χ1n) is 5.52. The molecule has 1 aromatic rings. The lowest BCUT2D eigenvalue weighted by molar-refractivity contribution is -0.150. The van der Waals surface area contributed by atoms with Crippen molar-refractivity contribution in [1.82, 2.24) is 0 Å². The Bertz CT molecular complexity index is 449. The van der Waals surface area contributed by atoms with Crippen LogP contribution in [0, 0.1) is 12.8 Å². The highest BCUT2D eigenvalue weighted by atomic mass is 32.2. The number of hydrogen-bond acceptors (Lipinski definition) is 3. The van der Waals surface area contributed by atoms with Crippen molar-refractivity contribution in [1.29, 1.82) is 0 Å². The van der Waals surface area contributed by atoms with E-state index in [9.17, 15) is 13.2 Å². The zero-order chi connectivity index (χ0) is 14.5. The molecule has 0 aliphatic rings. The summed E-state index contributed by atoms with van der Waals surface area (Å²) in [5, 5.41) is 10.8. The molecule has 0 aliphatic carbocycles. The van der Waals surface area contributed by atoms with Crippen LogP contribution in [0.3, 0.4) is 0 Å². The summed E-state index contributed by atoms with van der Waals surface area (Å²) >= 11 is 1.10. The van der Waals surface area contributed by atoms with Gasteiger partial charge in [-0.1, -0.05) is 35.0 Å². The van der Waals surface area contributed by atoms with Crippen LogP contribution in [0.15, 0.2) is 29.4 Å². The third-order valence-corrected chi connectivity index (χ3v) is 3.61. The van der Waals surface area contributed by atoms with Crippen molar-refractivity contribution in [3.05, 3.63) is 35.4 Å². The molecule has 3 N–H and O–H groups in total. The molecular formula is C12H15F3N2OS. The van der Waals surface area contributed by atoms with Gasteiger partial charge < -0.3 is 10.9 Å². The molecular weight excluding hydrogens is 277 g/mol. The fourth-order valence-electron chi connectivity index (χ4n) is 1.51. The molecule has 0 bridgehead atoms. The van der Waals surface area contributed by atoms with Gasteiger partial charge in [0, 0.05) is 11.5 Å². The molecule has 0 fully saturated rings. The quantitative estimate of drug-likeness (QED) is 0.379. The number of nitrogens with two attached hydrogens (primary N) is 1. The summed E-state index contributed by atoms with van der Waals surface area (Å²) in [5.41, 5.74) is 7.08. The summed E-state index contributed by atoms with van der Waals surface area (Å²) in [6, 6.07) is 7.55. The minimum atomic E-state index is -4.50. The largest absolute Gasteiger partial charge is 0.409 e. The van der Waals surface area contributed by atoms with E-state index in [0.717, 1.165) is 22.9 Å². The van der Waals surface area contributed by atoms with E-state index in [-0.39, 0.29) is 5.75 Å². The van der Waals surface area contributed by atoms with Gasteiger partial charge in [-0.2, -0.15) is 24.9 Å². The topological polar surface area (TPSA) is 58.6 Å². The van der Waals surface area contributed by atoms with Crippen molar-refractivity contribution in [3.8, 4) is 0 Å². The number of aryl methyl sites for hydroxylation is 1. The minimum absolute atomic E-state index is 0.271. The van der Waals surface area contributed by atoms with Crippen LogP contribution in [0.5, 0.6) is 0 Å². The highest BCUT2D eigenvalue weighted by Gasteiger charge is 2.42. The summed E-state index contributed by atoms with van der Waals surface area (Å²) in [4.78, 5) is 0. The lowest BCUT2D eigenvalue weighted by atomic mass is 10.1. The highest BCUT2D eigenvalue weighted by Crippen LogP contribution is 2.30. The first kappa shape index (κ1) is 15.7. The maximum atomic E-state index is 12.7. The fraction of sp³-hybridized carbons (Fsp3) is 0.417. The summed E-state index contributed by atoms with van der Waals surface area (Å²) < 4.78 is 38.0. The van der Waals surface area contributed by atoms with Gasteiger partial charge in [0.25, 0.3) is 0 Å². The van der Waals surface area contributed by atoms with Crippen molar-refractivity contribution < 1.29 is 18.4 Å². The monoisotopic (exact) mass is 292 g/mol. The lowest BCUT2D eigenvalue weighted by Crippen LogP contribution is -2.37. The molecule has 0 radical (unpaired) electrons. The van der Waals surface area contributed by atoms with Crippen LogP contribution in [0.25, 0.3) is 0 Å². The molecule has 1 unspecified atom stereocenters. The Morgan fingerprint density at radius 1 is 1.47 bits per heavy atom. The summed E-state index contributed by atoms with van der Waals surface area (Å²) in [6.07, 6.45) is -4.50.